The first-order chi connectivity index (χ1) is 5.96. The maximum absolute atomic E-state index is 11.1. The van der Waals surface area contributed by atoms with Crippen molar-refractivity contribution >= 4 is 13.5 Å². The van der Waals surface area contributed by atoms with Gasteiger partial charge in [-0.15, -0.1) is 9.55 Å². The molecule has 0 amide bonds. The first kappa shape index (κ1) is 10.0. The summed E-state index contributed by atoms with van der Waals surface area (Å²) in [5.74, 6) is -0.409. The topological polar surface area (TPSA) is 105 Å². The Bertz CT molecular complexity index is 368. The van der Waals surface area contributed by atoms with Crippen molar-refractivity contribution in [3.05, 3.63) is 11.9 Å². The van der Waals surface area contributed by atoms with E-state index in [4.69, 9.17) is 9.79 Å². The number of hydrogen-bond donors (Lipinski definition) is 2. The van der Waals surface area contributed by atoms with Gasteiger partial charge in [0.1, 0.15) is 5.69 Å². The quantitative estimate of drug-likeness (QED) is 0.523. The highest BCUT2D eigenvalue weighted by Gasteiger charge is 2.24. The minimum atomic E-state index is -4.55. The van der Waals surface area contributed by atoms with E-state index in [-0.39, 0.29) is 12.1 Å². The van der Waals surface area contributed by atoms with Gasteiger partial charge in [-0.2, -0.15) is 0 Å². The number of hydrogen-bond acceptors (Lipinski definition) is 4. The van der Waals surface area contributed by atoms with Gasteiger partial charge in [-0.25, -0.2) is 4.57 Å². The van der Waals surface area contributed by atoms with E-state index in [1.165, 1.54) is 0 Å². The zero-order valence-corrected chi connectivity index (χ0v) is 7.68. The van der Waals surface area contributed by atoms with Crippen LogP contribution in [0.5, 0.6) is 0 Å². The van der Waals surface area contributed by atoms with Gasteiger partial charge in [0.15, 0.2) is 5.78 Å². The predicted molar refractivity (Wildman–Crippen MR) is 42.1 cm³/mol. The van der Waals surface area contributed by atoms with Crippen LogP contribution in [-0.2, 0) is 4.57 Å². The summed E-state index contributed by atoms with van der Waals surface area (Å²) < 4.78 is 11.1. The molecule has 0 spiro atoms. The zero-order valence-electron chi connectivity index (χ0n) is 6.78. The fraction of sp³-hybridized carbons (Fsp3) is 0.400. The normalized spacial score (nSPS) is 11.6. The van der Waals surface area contributed by atoms with E-state index >= 15 is 0 Å². The molecule has 1 rings (SSSR count). The van der Waals surface area contributed by atoms with Crippen molar-refractivity contribution in [2.45, 2.75) is 13.3 Å². The number of carbonyl (C=O) groups is 1. The molecular weight excluding hydrogens is 197 g/mol. The molecule has 0 aliphatic carbocycles. The molecule has 72 valence electrons. The minimum absolute atomic E-state index is 0.146. The second-order valence-corrected chi connectivity index (χ2v) is 3.70. The minimum Gasteiger partial charge on any atom is -0.307 e. The largest absolute Gasteiger partial charge is 0.451 e. The summed E-state index contributed by atoms with van der Waals surface area (Å²) >= 11 is 0. The summed E-state index contributed by atoms with van der Waals surface area (Å²) in [4.78, 5) is 28.5. The van der Waals surface area contributed by atoms with Gasteiger partial charge in [0.25, 0.3) is 0 Å². The summed E-state index contributed by atoms with van der Waals surface area (Å²) in [6.45, 7) is 1.58. The van der Waals surface area contributed by atoms with E-state index in [0.717, 1.165) is 6.20 Å². The number of ketones is 1. The van der Waals surface area contributed by atoms with Gasteiger partial charge in [0.05, 0.1) is 6.20 Å². The van der Waals surface area contributed by atoms with E-state index in [2.05, 4.69) is 10.3 Å². The van der Waals surface area contributed by atoms with E-state index in [9.17, 15) is 9.36 Å². The second kappa shape index (κ2) is 3.37. The molecule has 8 heteroatoms. The number of nitrogens with zero attached hydrogens (tertiary/aromatic N) is 3. The van der Waals surface area contributed by atoms with Gasteiger partial charge >= 0.3 is 7.75 Å². The van der Waals surface area contributed by atoms with Crippen molar-refractivity contribution in [2.75, 3.05) is 0 Å². The Morgan fingerprint density at radius 3 is 2.77 bits per heavy atom. The monoisotopic (exact) mass is 205 g/mol. The number of carbonyl (C=O) groups excluding carboxylic acids is 1. The Morgan fingerprint density at radius 2 is 2.31 bits per heavy atom. The van der Waals surface area contributed by atoms with Gasteiger partial charge in [-0.1, -0.05) is 12.1 Å². The van der Waals surface area contributed by atoms with Crippen LogP contribution >= 0.6 is 7.75 Å². The molecule has 1 heterocycles. The molecule has 0 fully saturated rings. The van der Waals surface area contributed by atoms with E-state index in [1.807, 2.05) is 0 Å². The number of rotatable bonds is 3. The van der Waals surface area contributed by atoms with Crippen LogP contribution in [0, 0.1) is 0 Å². The first-order valence-corrected chi connectivity index (χ1v) is 5.03. The third-order valence-corrected chi connectivity index (χ3v) is 2.17. The Morgan fingerprint density at radius 1 is 1.69 bits per heavy atom. The SMILES string of the molecule is CCC(=O)c1cnnn1P(=O)(O)O. The van der Waals surface area contributed by atoms with Crippen LogP contribution in [0.15, 0.2) is 6.20 Å². The summed E-state index contributed by atoms with van der Waals surface area (Å²) in [7, 11) is -4.55. The molecule has 0 aromatic carbocycles. The third-order valence-electron chi connectivity index (χ3n) is 1.39. The highest BCUT2D eigenvalue weighted by Crippen LogP contribution is 2.36. The zero-order chi connectivity index (χ0) is 10.1. The lowest BCUT2D eigenvalue weighted by Crippen LogP contribution is -2.08. The molecule has 7 nitrogen and oxygen atoms in total. The molecule has 1 aromatic rings. The van der Waals surface area contributed by atoms with Crippen LogP contribution in [0.3, 0.4) is 0 Å². The van der Waals surface area contributed by atoms with Gasteiger partial charge < -0.3 is 9.79 Å². The molecular formula is C5H8N3O4P. The van der Waals surface area contributed by atoms with E-state index < -0.39 is 13.5 Å². The molecule has 0 saturated carbocycles. The Kier molecular flexibility index (Phi) is 2.60. The maximum Gasteiger partial charge on any atom is 0.451 e. The van der Waals surface area contributed by atoms with Crippen LogP contribution in [0.4, 0.5) is 0 Å². The molecule has 0 aliphatic heterocycles. The van der Waals surface area contributed by atoms with Gasteiger partial charge in [0.2, 0.25) is 0 Å². The number of aromatic nitrogens is 3. The van der Waals surface area contributed by atoms with Crippen molar-refractivity contribution in [3.63, 3.8) is 0 Å². The maximum atomic E-state index is 11.1. The third kappa shape index (κ3) is 2.00. The Balaban J connectivity index is 3.18. The molecule has 1 aromatic heterocycles. The lowest BCUT2D eigenvalue weighted by Gasteiger charge is -2.04. The highest BCUT2D eigenvalue weighted by molar-refractivity contribution is 7.50. The molecule has 0 atom stereocenters. The highest BCUT2D eigenvalue weighted by atomic mass is 31.2. The smallest absolute Gasteiger partial charge is 0.307 e. The fourth-order valence-corrected chi connectivity index (χ4v) is 1.38. The molecule has 2 N–H and O–H groups in total. The Hall–Kier alpha value is -1.04. The average molecular weight is 205 g/mol. The average Bonchev–Trinajstić information content (AvgIpc) is 2.49. The van der Waals surface area contributed by atoms with Crippen LogP contribution in [0.1, 0.15) is 23.8 Å². The van der Waals surface area contributed by atoms with E-state index in [1.54, 1.807) is 6.92 Å². The molecule has 0 aliphatic rings. The summed E-state index contributed by atoms with van der Waals surface area (Å²) in [5, 5.41) is 6.40. The van der Waals surface area contributed by atoms with Crippen LogP contribution in [0.25, 0.3) is 0 Å². The molecule has 0 saturated heterocycles. The van der Waals surface area contributed by atoms with Crippen molar-refractivity contribution in [3.8, 4) is 0 Å². The van der Waals surface area contributed by atoms with Gasteiger partial charge in [-0.3, -0.25) is 4.79 Å². The lowest BCUT2D eigenvalue weighted by atomic mass is 10.2. The fourth-order valence-electron chi connectivity index (χ4n) is 0.786. The van der Waals surface area contributed by atoms with Crippen molar-refractivity contribution < 1.29 is 19.1 Å². The molecule has 13 heavy (non-hydrogen) atoms. The van der Waals surface area contributed by atoms with Crippen LogP contribution < -0.4 is 0 Å². The van der Waals surface area contributed by atoms with Gasteiger partial charge in [0, 0.05) is 6.42 Å². The molecule has 0 bridgehead atoms. The number of Topliss-reactive ketones (excluding diaryl/α,β-unsaturated/α-hetero) is 1. The lowest BCUT2D eigenvalue weighted by molar-refractivity contribution is 0.0980. The molecule has 0 unspecified atom stereocenters. The van der Waals surface area contributed by atoms with Crippen molar-refractivity contribution in [1.82, 2.24) is 14.8 Å². The van der Waals surface area contributed by atoms with Crippen molar-refractivity contribution in [2.24, 2.45) is 0 Å². The van der Waals surface area contributed by atoms with Crippen LogP contribution in [-0.4, -0.2) is 30.3 Å². The van der Waals surface area contributed by atoms with Gasteiger partial charge in [-0.05, 0) is 0 Å². The Labute approximate surface area is 73.6 Å². The summed E-state index contributed by atoms with van der Waals surface area (Å²) in [5.41, 5.74) is -0.171. The van der Waals surface area contributed by atoms with Crippen molar-refractivity contribution in [1.29, 1.82) is 0 Å². The van der Waals surface area contributed by atoms with Crippen LogP contribution in [0.2, 0.25) is 0 Å². The predicted octanol–water partition coefficient (Wildman–Crippen LogP) is -0.188. The molecule has 0 radical (unpaired) electrons. The second-order valence-electron chi connectivity index (χ2n) is 2.30. The summed E-state index contributed by atoms with van der Waals surface area (Å²) in [6, 6.07) is 0. The van der Waals surface area contributed by atoms with E-state index in [0.29, 0.717) is 4.45 Å². The summed E-state index contributed by atoms with van der Waals surface area (Å²) in [6.07, 6.45) is 1.18. The standard InChI is InChI=1S/C5H8N3O4P/c1-2-5(9)4-3-6-7-8(4)13(10,11)12/h3H,2H2,1H3,(H2,10,11,12). The first-order valence-electron chi connectivity index (χ1n) is 3.47.